The Bertz CT molecular complexity index is 2430. The molecule has 0 aliphatic heterocycles. The maximum atomic E-state index is 14.3. The van der Waals surface area contributed by atoms with Crippen LogP contribution in [0.1, 0.15) is 43.0 Å². The minimum absolute atomic E-state index is 0.0876. The Morgan fingerprint density at radius 2 is 1.07 bits per heavy atom. The lowest BCUT2D eigenvalue weighted by atomic mass is 10.1. The van der Waals surface area contributed by atoms with Crippen LogP contribution in [0.15, 0.2) is 71.7 Å². The summed E-state index contributed by atoms with van der Waals surface area (Å²) in [5.41, 5.74) is 2.13. The van der Waals surface area contributed by atoms with Gasteiger partial charge in [0.25, 0.3) is 5.91 Å². The van der Waals surface area contributed by atoms with Crippen LogP contribution in [-0.2, 0) is 18.5 Å². The van der Waals surface area contributed by atoms with Crippen LogP contribution in [0, 0.1) is 30.2 Å². The highest BCUT2D eigenvalue weighted by Gasteiger charge is 2.37. The number of rotatable bonds is 7. The fourth-order valence-electron chi connectivity index (χ4n) is 4.33. The van der Waals surface area contributed by atoms with Gasteiger partial charge in [-0.05, 0) is 61.0 Å². The van der Waals surface area contributed by atoms with Gasteiger partial charge in [0.05, 0.1) is 27.8 Å². The standard InChI is InChI=1S/C17H10F5N3O2S.C15H6F8O3.C2H3N3S/c1-8-2-9(17(20,21)22)4-10(3-8)27-14-6-12(18)11(5-13(14)19)15(26)24-16-25-23-7-28-16;16-10-5-12(11(17)4-9(10)13(24)25)26-8-2-6(14(18,19)20)1-7(3-8)15(21,22)23;3-2-5-4-1-6-2/h2-7H,1H3,(H,24,25,26);1-5H,(H,24,25);1H,(H2,3,5). The van der Waals surface area contributed by atoms with Gasteiger partial charge in [0, 0.05) is 12.1 Å². The summed E-state index contributed by atoms with van der Waals surface area (Å²) in [5.74, 6) is -11.2. The van der Waals surface area contributed by atoms with Gasteiger partial charge < -0.3 is 20.3 Å². The minimum Gasteiger partial charge on any atom is -0.478 e. The molecule has 0 bridgehead atoms. The van der Waals surface area contributed by atoms with Gasteiger partial charge >= 0.3 is 24.5 Å². The molecule has 1 amide bonds. The molecule has 0 unspecified atom stereocenters. The van der Waals surface area contributed by atoms with E-state index in [1.807, 2.05) is 0 Å². The number of aromatic nitrogens is 4. The number of nitrogens with one attached hydrogen (secondary N) is 1. The van der Waals surface area contributed by atoms with Crippen LogP contribution >= 0.6 is 22.7 Å². The van der Waals surface area contributed by atoms with Gasteiger partial charge in [-0.2, -0.15) is 39.5 Å². The predicted octanol–water partition coefficient (Wildman–Crippen LogP) is 10.8. The molecular formula is C34H19F13N6O5S2. The average Bonchev–Trinajstić information content (AvgIpc) is 3.84. The number of halogens is 13. The first-order chi connectivity index (χ1) is 27.8. The number of amides is 1. The monoisotopic (exact) mass is 902 g/mol. The topological polar surface area (TPSA) is 162 Å². The van der Waals surface area contributed by atoms with E-state index in [2.05, 4.69) is 30.4 Å². The predicted molar refractivity (Wildman–Crippen MR) is 185 cm³/mol. The summed E-state index contributed by atoms with van der Waals surface area (Å²) in [7, 11) is 0. The Morgan fingerprint density at radius 1 is 0.617 bits per heavy atom. The zero-order valence-corrected chi connectivity index (χ0v) is 30.7. The number of nitrogen functional groups attached to an aromatic ring is 1. The van der Waals surface area contributed by atoms with Gasteiger partial charge in [-0.1, -0.05) is 22.7 Å². The summed E-state index contributed by atoms with van der Waals surface area (Å²) >= 11 is 2.31. The lowest BCUT2D eigenvalue weighted by molar-refractivity contribution is -0.143. The maximum absolute atomic E-state index is 14.3. The van der Waals surface area contributed by atoms with Crippen LogP contribution in [0.3, 0.4) is 0 Å². The third-order valence-corrected chi connectivity index (χ3v) is 8.00. The third kappa shape index (κ3) is 12.7. The van der Waals surface area contributed by atoms with E-state index < -0.39 is 98.7 Å². The number of carbonyl (C=O) groups is 2. The number of aromatic carboxylic acids is 1. The second kappa shape index (κ2) is 18.6. The van der Waals surface area contributed by atoms with Crippen molar-refractivity contribution in [2.75, 3.05) is 11.1 Å². The number of hydrogen-bond acceptors (Lipinski definition) is 11. The van der Waals surface area contributed by atoms with Crippen molar-refractivity contribution in [3.63, 3.8) is 0 Å². The Balaban J connectivity index is 0.000000232. The fraction of sp³-hybridized carbons (Fsp3) is 0.118. The molecule has 6 rings (SSSR count). The van der Waals surface area contributed by atoms with Gasteiger partial charge in [-0.15, -0.1) is 20.4 Å². The van der Waals surface area contributed by atoms with Crippen LogP contribution in [0.25, 0.3) is 0 Å². The van der Waals surface area contributed by atoms with Crippen molar-refractivity contribution in [1.29, 1.82) is 0 Å². The first-order valence-corrected chi connectivity index (χ1v) is 17.2. The average molecular weight is 903 g/mol. The van der Waals surface area contributed by atoms with E-state index in [-0.39, 0.29) is 46.8 Å². The Hall–Kier alpha value is -6.57. The zero-order chi connectivity index (χ0) is 44.7. The van der Waals surface area contributed by atoms with Gasteiger partial charge in [0.15, 0.2) is 23.1 Å². The summed E-state index contributed by atoms with van der Waals surface area (Å²) in [6.45, 7) is 1.40. The second-order valence-electron chi connectivity index (χ2n) is 11.3. The van der Waals surface area contributed by atoms with Gasteiger partial charge in [-0.3, -0.25) is 10.1 Å². The van der Waals surface area contributed by atoms with E-state index in [1.54, 1.807) is 5.51 Å². The zero-order valence-electron chi connectivity index (χ0n) is 29.1. The Labute approximate surface area is 333 Å². The molecule has 318 valence electrons. The summed E-state index contributed by atoms with van der Waals surface area (Å²) in [6, 6.07) is 4.51. The van der Waals surface area contributed by atoms with Crippen LogP contribution in [0.2, 0.25) is 0 Å². The summed E-state index contributed by atoms with van der Waals surface area (Å²) in [6.07, 6.45) is -14.9. The van der Waals surface area contributed by atoms with E-state index in [0.717, 1.165) is 17.4 Å². The SMILES string of the molecule is Cc1cc(Oc2cc(F)c(C(=O)Nc3nncs3)cc2F)cc(C(F)(F)F)c1.Nc1nncs1.O=C(O)c1cc(F)c(Oc2cc(C(F)(F)F)cc(C(F)(F)F)c2)cc1F. The molecule has 0 aliphatic rings. The highest BCUT2D eigenvalue weighted by atomic mass is 32.1. The molecule has 2 aromatic heterocycles. The van der Waals surface area contributed by atoms with E-state index in [9.17, 15) is 66.7 Å². The molecule has 0 aliphatic carbocycles. The first kappa shape index (κ1) is 46.1. The first-order valence-electron chi connectivity index (χ1n) is 15.5. The van der Waals surface area contributed by atoms with Gasteiger partial charge in [0.2, 0.25) is 10.3 Å². The third-order valence-electron chi connectivity index (χ3n) is 6.87. The quantitative estimate of drug-likeness (QED) is 0.131. The van der Waals surface area contributed by atoms with Crippen molar-refractivity contribution < 1.29 is 81.2 Å². The highest BCUT2D eigenvalue weighted by Crippen LogP contribution is 2.40. The summed E-state index contributed by atoms with van der Waals surface area (Å²) < 4.78 is 181. The van der Waals surface area contributed by atoms with E-state index in [1.165, 1.54) is 29.8 Å². The highest BCUT2D eigenvalue weighted by molar-refractivity contribution is 7.13. The number of aryl methyl sites for hydroxylation is 1. The van der Waals surface area contributed by atoms with Crippen LogP contribution < -0.4 is 20.5 Å². The van der Waals surface area contributed by atoms with E-state index in [4.69, 9.17) is 15.6 Å². The summed E-state index contributed by atoms with van der Waals surface area (Å²) in [4.78, 5) is 22.7. The van der Waals surface area contributed by atoms with Crippen LogP contribution in [-0.4, -0.2) is 37.4 Å². The molecule has 0 radical (unpaired) electrons. The number of benzene rings is 4. The van der Waals surface area contributed by atoms with Crippen LogP contribution in [0.5, 0.6) is 23.0 Å². The molecule has 0 atom stereocenters. The van der Waals surface area contributed by atoms with Crippen molar-refractivity contribution in [3.05, 3.63) is 128 Å². The number of carboxylic acids is 1. The van der Waals surface area contributed by atoms with Gasteiger partial charge in [0.1, 0.15) is 34.2 Å². The molecule has 4 N–H and O–H groups in total. The number of nitrogens with zero attached hydrogens (tertiary/aromatic N) is 4. The van der Waals surface area contributed by atoms with E-state index in [0.29, 0.717) is 23.3 Å². The molecule has 0 spiro atoms. The smallest absolute Gasteiger partial charge is 0.416 e. The fourth-order valence-corrected chi connectivity index (χ4v) is 5.07. The van der Waals surface area contributed by atoms with Crippen molar-refractivity contribution in [3.8, 4) is 23.0 Å². The van der Waals surface area contributed by atoms with Crippen molar-refractivity contribution in [2.45, 2.75) is 25.5 Å². The largest absolute Gasteiger partial charge is 0.478 e. The number of alkyl halides is 9. The molecule has 6 aromatic rings. The summed E-state index contributed by atoms with van der Waals surface area (Å²) in [5, 5.41) is 25.4. The maximum Gasteiger partial charge on any atom is 0.416 e. The normalized spacial score (nSPS) is 11.4. The number of anilines is 2. The molecule has 4 aromatic carbocycles. The number of nitrogens with two attached hydrogens (primary N) is 1. The number of carboxylic acid groups (broad SMARTS) is 1. The number of hydrogen-bond donors (Lipinski definition) is 3. The molecule has 0 fully saturated rings. The van der Waals surface area contributed by atoms with Gasteiger partial charge in [-0.25, -0.2) is 22.4 Å². The molecule has 11 nitrogen and oxygen atoms in total. The van der Waals surface area contributed by atoms with Crippen molar-refractivity contribution in [2.24, 2.45) is 0 Å². The van der Waals surface area contributed by atoms with Crippen molar-refractivity contribution in [1.82, 2.24) is 20.4 Å². The van der Waals surface area contributed by atoms with Crippen molar-refractivity contribution >= 4 is 44.8 Å². The molecular weight excluding hydrogens is 884 g/mol. The van der Waals surface area contributed by atoms with Crippen LogP contribution in [0.4, 0.5) is 67.3 Å². The Morgan fingerprint density at radius 3 is 1.48 bits per heavy atom. The lowest BCUT2D eigenvalue weighted by Gasteiger charge is -2.15. The number of ether oxygens (including phenoxy) is 2. The molecule has 2 heterocycles. The number of carbonyl (C=O) groups excluding carboxylic acids is 1. The lowest BCUT2D eigenvalue weighted by Crippen LogP contribution is -2.14. The molecule has 60 heavy (non-hydrogen) atoms. The molecule has 0 saturated heterocycles. The second-order valence-corrected chi connectivity index (χ2v) is 13.0. The minimum atomic E-state index is -5.16. The van der Waals surface area contributed by atoms with E-state index >= 15 is 0 Å². The Kier molecular flexibility index (Phi) is 14.3. The molecule has 26 heteroatoms. The molecule has 0 saturated carbocycles.